The molecule has 1 aliphatic heterocycles. The number of hydrogen-bond acceptors (Lipinski definition) is 2. The molecular weight excluding hydrogens is 251 g/mol. The highest BCUT2D eigenvalue weighted by molar-refractivity contribution is 5.54. The van der Waals surface area contributed by atoms with Crippen LogP contribution in [-0.2, 0) is 6.42 Å². The van der Waals surface area contributed by atoms with E-state index in [4.69, 9.17) is 5.73 Å². The van der Waals surface area contributed by atoms with Crippen molar-refractivity contribution in [3.8, 4) is 0 Å². The molecule has 2 N–H and O–H groups in total. The monoisotopic (exact) mass is 278 g/mol. The molecule has 1 aliphatic rings. The van der Waals surface area contributed by atoms with Crippen LogP contribution < -0.4 is 10.6 Å². The van der Waals surface area contributed by atoms with Gasteiger partial charge in [0.25, 0.3) is 0 Å². The second-order valence-corrected chi connectivity index (χ2v) is 5.85. The lowest BCUT2D eigenvalue weighted by molar-refractivity contribution is 0.435. The van der Waals surface area contributed by atoms with Crippen LogP contribution in [0.5, 0.6) is 0 Å². The fourth-order valence-corrected chi connectivity index (χ4v) is 3.34. The first-order chi connectivity index (χ1) is 9.76. The molecule has 0 radical (unpaired) electrons. The Morgan fingerprint density at radius 2 is 2.15 bits per heavy atom. The fraction of sp³-hybridized carbons (Fsp3) is 0.647. The number of nitrogens with two attached hydrogens (primary N) is 1. The van der Waals surface area contributed by atoms with E-state index in [0.29, 0.717) is 13.0 Å². The minimum Gasteiger partial charge on any atom is -0.371 e. The summed E-state index contributed by atoms with van der Waals surface area (Å²) in [5.74, 6) is 0.735. The molecule has 1 saturated heterocycles. The lowest BCUT2D eigenvalue weighted by Crippen LogP contribution is -2.26. The number of halogens is 1. The molecule has 0 saturated carbocycles. The van der Waals surface area contributed by atoms with Crippen LogP contribution in [0.4, 0.5) is 10.1 Å². The van der Waals surface area contributed by atoms with E-state index in [2.05, 4.69) is 11.8 Å². The van der Waals surface area contributed by atoms with Gasteiger partial charge in [0.1, 0.15) is 5.82 Å². The van der Waals surface area contributed by atoms with Crippen LogP contribution in [0.15, 0.2) is 18.2 Å². The van der Waals surface area contributed by atoms with Gasteiger partial charge in [-0.25, -0.2) is 4.39 Å². The maximum absolute atomic E-state index is 14.0. The van der Waals surface area contributed by atoms with E-state index in [-0.39, 0.29) is 5.82 Å². The Morgan fingerprint density at radius 3 is 2.90 bits per heavy atom. The van der Waals surface area contributed by atoms with Crippen LogP contribution in [0.2, 0.25) is 0 Å². The van der Waals surface area contributed by atoms with Crippen LogP contribution in [-0.4, -0.2) is 19.6 Å². The van der Waals surface area contributed by atoms with Gasteiger partial charge in [0.2, 0.25) is 0 Å². The van der Waals surface area contributed by atoms with E-state index >= 15 is 0 Å². The molecule has 0 bridgehead atoms. The summed E-state index contributed by atoms with van der Waals surface area (Å²) in [4.78, 5) is 2.36. The Kier molecular flexibility index (Phi) is 5.84. The van der Waals surface area contributed by atoms with Crippen molar-refractivity contribution in [1.29, 1.82) is 0 Å². The first-order valence-electron chi connectivity index (χ1n) is 7.98. The van der Waals surface area contributed by atoms with Crippen molar-refractivity contribution in [3.63, 3.8) is 0 Å². The van der Waals surface area contributed by atoms with Gasteiger partial charge in [-0.05, 0) is 50.3 Å². The zero-order valence-corrected chi connectivity index (χ0v) is 12.6. The van der Waals surface area contributed by atoms with E-state index in [1.807, 2.05) is 12.1 Å². The molecule has 1 atom stereocenters. The average molecular weight is 278 g/mol. The third kappa shape index (κ3) is 3.72. The summed E-state index contributed by atoms with van der Waals surface area (Å²) in [6.45, 7) is 4.85. The van der Waals surface area contributed by atoms with E-state index < -0.39 is 0 Å². The Balaban J connectivity index is 2.13. The average Bonchev–Trinajstić information content (AvgIpc) is 2.67. The lowest BCUT2D eigenvalue weighted by atomic mass is 9.96. The van der Waals surface area contributed by atoms with E-state index in [1.165, 1.54) is 32.1 Å². The molecule has 20 heavy (non-hydrogen) atoms. The molecule has 112 valence electrons. The summed E-state index contributed by atoms with van der Waals surface area (Å²) in [7, 11) is 0. The van der Waals surface area contributed by atoms with Gasteiger partial charge in [-0.1, -0.05) is 25.8 Å². The van der Waals surface area contributed by atoms with Gasteiger partial charge in [-0.3, -0.25) is 0 Å². The van der Waals surface area contributed by atoms with Crippen molar-refractivity contribution < 1.29 is 4.39 Å². The molecule has 0 spiro atoms. The topological polar surface area (TPSA) is 29.3 Å². The standard InChI is InChI=1S/C17H27FN2/c1-2-5-14-6-4-12-20(13-10-14)17-8-3-7-16(18)15(17)9-11-19/h3,7-8,14H,2,4-6,9-13,19H2,1H3. The van der Waals surface area contributed by atoms with Gasteiger partial charge in [0, 0.05) is 24.3 Å². The van der Waals surface area contributed by atoms with Crippen molar-refractivity contribution in [2.45, 2.75) is 45.4 Å². The maximum atomic E-state index is 14.0. The lowest BCUT2D eigenvalue weighted by Gasteiger charge is -2.26. The van der Waals surface area contributed by atoms with Crippen molar-refractivity contribution in [2.24, 2.45) is 11.7 Å². The Hall–Kier alpha value is -1.09. The Morgan fingerprint density at radius 1 is 1.30 bits per heavy atom. The minimum atomic E-state index is -0.109. The van der Waals surface area contributed by atoms with Gasteiger partial charge >= 0.3 is 0 Å². The zero-order chi connectivity index (χ0) is 14.4. The third-order valence-electron chi connectivity index (χ3n) is 4.37. The first kappa shape index (κ1) is 15.3. The van der Waals surface area contributed by atoms with Gasteiger partial charge in [0.05, 0.1) is 0 Å². The smallest absolute Gasteiger partial charge is 0.128 e. The third-order valence-corrected chi connectivity index (χ3v) is 4.37. The predicted octanol–water partition coefficient (Wildman–Crippen LogP) is 3.73. The Labute approximate surface area is 122 Å². The SMILES string of the molecule is CCCC1CCCN(c2cccc(F)c2CCN)CC1. The van der Waals surface area contributed by atoms with Gasteiger partial charge in [-0.15, -0.1) is 0 Å². The van der Waals surface area contributed by atoms with Crippen LogP contribution in [0.25, 0.3) is 0 Å². The number of hydrogen-bond donors (Lipinski definition) is 1. The minimum absolute atomic E-state index is 0.109. The van der Waals surface area contributed by atoms with Crippen LogP contribution >= 0.6 is 0 Å². The van der Waals surface area contributed by atoms with Gasteiger partial charge in [0.15, 0.2) is 0 Å². The van der Waals surface area contributed by atoms with Crippen LogP contribution in [0, 0.1) is 11.7 Å². The molecule has 1 fully saturated rings. The normalized spacial score (nSPS) is 19.9. The van der Waals surface area contributed by atoms with Crippen molar-refractivity contribution in [1.82, 2.24) is 0 Å². The second-order valence-electron chi connectivity index (χ2n) is 5.85. The molecule has 2 rings (SSSR count). The summed E-state index contributed by atoms with van der Waals surface area (Å²) in [5.41, 5.74) is 7.49. The summed E-state index contributed by atoms with van der Waals surface area (Å²) >= 11 is 0. The number of anilines is 1. The summed E-state index contributed by atoms with van der Waals surface area (Å²) in [5, 5.41) is 0. The molecule has 1 unspecified atom stereocenters. The molecule has 3 heteroatoms. The predicted molar refractivity (Wildman–Crippen MR) is 83.6 cm³/mol. The second kappa shape index (κ2) is 7.63. The van der Waals surface area contributed by atoms with Crippen molar-refractivity contribution in [2.75, 3.05) is 24.5 Å². The highest BCUT2D eigenvalue weighted by atomic mass is 19.1. The summed E-state index contributed by atoms with van der Waals surface area (Å²) < 4.78 is 14.0. The fourth-order valence-electron chi connectivity index (χ4n) is 3.34. The van der Waals surface area contributed by atoms with Crippen LogP contribution in [0.1, 0.15) is 44.6 Å². The number of nitrogens with zero attached hydrogens (tertiary/aromatic N) is 1. The highest BCUT2D eigenvalue weighted by Gasteiger charge is 2.19. The largest absolute Gasteiger partial charge is 0.371 e. The molecule has 1 aromatic carbocycles. The molecule has 1 aromatic rings. The summed E-state index contributed by atoms with van der Waals surface area (Å²) in [6.07, 6.45) is 6.97. The highest BCUT2D eigenvalue weighted by Crippen LogP contribution is 2.29. The number of rotatable bonds is 5. The van der Waals surface area contributed by atoms with Crippen molar-refractivity contribution in [3.05, 3.63) is 29.6 Å². The van der Waals surface area contributed by atoms with Crippen LogP contribution in [0.3, 0.4) is 0 Å². The molecule has 1 heterocycles. The molecule has 0 amide bonds. The van der Waals surface area contributed by atoms with Gasteiger partial charge < -0.3 is 10.6 Å². The molecule has 0 aliphatic carbocycles. The van der Waals surface area contributed by atoms with Crippen molar-refractivity contribution >= 4 is 5.69 Å². The molecular formula is C17H27FN2. The summed E-state index contributed by atoms with van der Waals surface area (Å²) in [6, 6.07) is 5.42. The van der Waals surface area contributed by atoms with E-state index in [0.717, 1.165) is 30.3 Å². The van der Waals surface area contributed by atoms with E-state index in [9.17, 15) is 4.39 Å². The Bertz CT molecular complexity index is 419. The first-order valence-corrected chi connectivity index (χ1v) is 7.98. The molecule has 2 nitrogen and oxygen atoms in total. The van der Waals surface area contributed by atoms with Gasteiger partial charge in [-0.2, -0.15) is 0 Å². The molecule has 0 aromatic heterocycles. The number of benzene rings is 1. The quantitative estimate of drug-likeness (QED) is 0.889. The van der Waals surface area contributed by atoms with E-state index in [1.54, 1.807) is 6.07 Å². The maximum Gasteiger partial charge on any atom is 0.128 e. The zero-order valence-electron chi connectivity index (χ0n) is 12.6.